The number of carbonyl (C=O) groups is 1. The van der Waals surface area contributed by atoms with Crippen LogP contribution in [0.4, 0.5) is 16.2 Å². The van der Waals surface area contributed by atoms with Crippen molar-refractivity contribution in [2.45, 2.75) is 65.9 Å². The molecule has 11 heteroatoms. The summed E-state index contributed by atoms with van der Waals surface area (Å²) in [6, 6.07) is 17.3. The first-order valence-electron chi connectivity index (χ1n) is 16.7. The summed E-state index contributed by atoms with van der Waals surface area (Å²) >= 11 is 0. The molecule has 0 bridgehead atoms. The average Bonchev–Trinajstić information content (AvgIpc) is 3.47. The fraction of sp³-hybridized carbons (Fsp3) is 0.486. The van der Waals surface area contributed by atoms with E-state index in [-0.39, 0.29) is 43.3 Å². The largest absolute Gasteiger partial charge is 0.444 e. The van der Waals surface area contributed by atoms with Crippen molar-refractivity contribution in [2.24, 2.45) is 0 Å². The highest BCUT2D eigenvalue weighted by molar-refractivity contribution is 5.92. The second-order valence-electron chi connectivity index (χ2n) is 13.0. The molecule has 0 atom stereocenters. The van der Waals surface area contributed by atoms with E-state index in [1.54, 1.807) is 0 Å². The third kappa shape index (κ3) is 10.7. The van der Waals surface area contributed by atoms with Crippen molar-refractivity contribution >= 4 is 76.5 Å². The van der Waals surface area contributed by atoms with E-state index in [1.807, 2.05) is 50.2 Å². The minimum atomic E-state index is -0.460. The molecular formula is C37H53Cl3N6O2. The fourth-order valence-electron chi connectivity index (χ4n) is 6.11. The SMILES string of the molecule is CCc1cc(N2CCCN(C(=O)OC(C)(C)C)CC2)c2ncccc2c1.CCc1cc(N2CCCNCC2)c2ncccc2c1.Cl.Cl.Cl. The molecule has 2 fully saturated rings. The van der Waals surface area contributed by atoms with Crippen LogP contribution < -0.4 is 15.1 Å². The summed E-state index contributed by atoms with van der Waals surface area (Å²) in [5.74, 6) is 0. The van der Waals surface area contributed by atoms with Gasteiger partial charge < -0.3 is 24.8 Å². The van der Waals surface area contributed by atoms with E-state index in [4.69, 9.17) is 4.74 Å². The number of anilines is 2. The molecule has 1 amide bonds. The lowest BCUT2D eigenvalue weighted by Crippen LogP contribution is -2.39. The lowest BCUT2D eigenvalue weighted by Gasteiger charge is -2.27. The van der Waals surface area contributed by atoms with E-state index >= 15 is 0 Å². The zero-order chi connectivity index (χ0) is 31.8. The quantitative estimate of drug-likeness (QED) is 0.229. The Labute approximate surface area is 305 Å². The first kappa shape index (κ1) is 41.1. The maximum atomic E-state index is 12.4. The summed E-state index contributed by atoms with van der Waals surface area (Å²) in [6.45, 7) is 17.6. The zero-order valence-electron chi connectivity index (χ0n) is 29.0. The van der Waals surface area contributed by atoms with Gasteiger partial charge >= 0.3 is 6.09 Å². The lowest BCUT2D eigenvalue weighted by molar-refractivity contribution is 0.0263. The molecule has 2 aromatic heterocycles. The Morgan fingerprint density at radius 3 is 1.81 bits per heavy atom. The second-order valence-corrected chi connectivity index (χ2v) is 13.0. The van der Waals surface area contributed by atoms with Gasteiger partial charge in [-0.15, -0.1) is 37.2 Å². The van der Waals surface area contributed by atoms with Gasteiger partial charge in [-0.05, 0) is 101 Å². The molecule has 48 heavy (non-hydrogen) atoms. The number of halogens is 3. The zero-order valence-corrected chi connectivity index (χ0v) is 31.5. The van der Waals surface area contributed by atoms with Gasteiger partial charge in [-0.25, -0.2) is 4.79 Å². The molecule has 0 radical (unpaired) electrons. The molecule has 4 heterocycles. The third-order valence-electron chi connectivity index (χ3n) is 8.47. The minimum absolute atomic E-state index is 0. The molecule has 8 nitrogen and oxygen atoms in total. The van der Waals surface area contributed by atoms with Gasteiger partial charge in [-0.1, -0.05) is 26.0 Å². The van der Waals surface area contributed by atoms with Crippen LogP contribution in [-0.2, 0) is 17.6 Å². The van der Waals surface area contributed by atoms with Crippen LogP contribution in [0.3, 0.4) is 0 Å². The standard InChI is InChI=1S/C21H29N3O2.C16H21N3.3ClH/c1-5-16-14-17-8-6-9-22-19(17)18(15-16)23-10-7-11-24(13-12-23)20(25)26-21(2,3)4;1-2-13-11-14-5-3-7-18-16(14)15(12-13)19-9-4-6-17-8-10-19;;;/h6,8-9,14-15H,5,7,10-13H2,1-4H3;3,5,7,11-12,17H,2,4,6,8-10H2,1H3;3*1H. The number of pyridine rings is 2. The highest BCUT2D eigenvalue weighted by Gasteiger charge is 2.25. The van der Waals surface area contributed by atoms with Crippen LogP contribution in [0, 0.1) is 0 Å². The van der Waals surface area contributed by atoms with E-state index in [0.29, 0.717) is 6.54 Å². The van der Waals surface area contributed by atoms with Crippen LogP contribution in [0.5, 0.6) is 0 Å². The van der Waals surface area contributed by atoms with Crippen molar-refractivity contribution in [1.29, 1.82) is 0 Å². The summed E-state index contributed by atoms with van der Waals surface area (Å²) < 4.78 is 5.54. The number of aromatic nitrogens is 2. The Bertz CT molecular complexity index is 1590. The summed E-state index contributed by atoms with van der Waals surface area (Å²) in [5.41, 5.74) is 6.90. The van der Waals surface area contributed by atoms with Crippen molar-refractivity contribution in [1.82, 2.24) is 20.2 Å². The Kier molecular flexibility index (Phi) is 16.5. The molecule has 2 aliphatic heterocycles. The average molecular weight is 720 g/mol. The second kappa shape index (κ2) is 19.2. The van der Waals surface area contributed by atoms with Crippen LogP contribution in [0.1, 0.15) is 58.6 Å². The number of hydrogen-bond donors (Lipinski definition) is 1. The van der Waals surface area contributed by atoms with Gasteiger partial charge in [-0.2, -0.15) is 0 Å². The number of fused-ring (bicyclic) bond motifs is 2. The predicted molar refractivity (Wildman–Crippen MR) is 208 cm³/mol. The molecule has 0 unspecified atom stereocenters. The van der Waals surface area contributed by atoms with E-state index in [0.717, 1.165) is 76.1 Å². The minimum Gasteiger partial charge on any atom is -0.444 e. The highest BCUT2D eigenvalue weighted by Crippen LogP contribution is 2.29. The number of ether oxygens (including phenoxy) is 1. The van der Waals surface area contributed by atoms with Crippen LogP contribution in [0.25, 0.3) is 21.8 Å². The van der Waals surface area contributed by atoms with Gasteiger partial charge in [0.25, 0.3) is 0 Å². The Balaban J connectivity index is 0.000000326. The number of rotatable bonds is 4. The Hall–Kier alpha value is -3.04. The number of benzene rings is 2. The number of amides is 1. The molecule has 0 aliphatic carbocycles. The molecule has 4 aromatic rings. The lowest BCUT2D eigenvalue weighted by atomic mass is 10.1. The normalized spacial score (nSPS) is 15.1. The van der Waals surface area contributed by atoms with Gasteiger partial charge in [0.05, 0.1) is 22.4 Å². The van der Waals surface area contributed by atoms with Crippen molar-refractivity contribution in [3.63, 3.8) is 0 Å². The first-order valence-corrected chi connectivity index (χ1v) is 16.7. The number of hydrogen-bond acceptors (Lipinski definition) is 7. The highest BCUT2D eigenvalue weighted by atomic mass is 35.5. The van der Waals surface area contributed by atoms with E-state index in [1.165, 1.54) is 39.7 Å². The predicted octanol–water partition coefficient (Wildman–Crippen LogP) is 8.11. The maximum absolute atomic E-state index is 12.4. The van der Waals surface area contributed by atoms with E-state index < -0.39 is 5.60 Å². The monoisotopic (exact) mass is 718 g/mol. The van der Waals surface area contributed by atoms with Gasteiger partial charge in [0.15, 0.2) is 0 Å². The fourth-order valence-corrected chi connectivity index (χ4v) is 6.11. The molecular weight excluding hydrogens is 667 g/mol. The van der Waals surface area contributed by atoms with Gasteiger partial charge in [0, 0.05) is 69.0 Å². The van der Waals surface area contributed by atoms with Crippen molar-refractivity contribution < 1.29 is 9.53 Å². The topological polar surface area (TPSA) is 73.8 Å². The van der Waals surface area contributed by atoms with Crippen LogP contribution in [-0.4, -0.2) is 78.9 Å². The van der Waals surface area contributed by atoms with Crippen molar-refractivity contribution in [3.05, 3.63) is 72.1 Å². The Morgan fingerprint density at radius 1 is 0.729 bits per heavy atom. The molecule has 2 saturated heterocycles. The molecule has 2 aliphatic rings. The summed E-state index contributed by atoms with van der Waals surface area (Å²) in [7, 11) is 0. The number of carbonyl (C=O) groups excluding carboxylic acids is 1. The maximum Gasteiger partial charge on any atom is 0.410 e. The van der Waals surface area contributed by atoms with E-state index in [2.05, 4.69) is 75.3 Å². The number of nitrogens with one attached hydrogen (secondary N) is 1. The summed E-state index contributed by atoms with van der Waals surface area (Å²) in [4.78, 5) is 28.3. The Morgan fingerprint density at radius 2 is 1.27 bits per heavy atom. The number of aryl methyl sites for hydroxylation is 2. The van der Waals surface area contributed by atoms with E-state index in [9.17, 15) is 4.79 Å². The third-order valence-corrected chi connectivity index (χ3v) is 8.47. The molecule has 6 rings (SSSR count). The summed E-state index contributed by atoms with van der Waals surface area (Å²) in [6.07, 6.45) is 7.72. The molecule has 264 valence electrons. The molecule has 0 saturated carbocycles. The van der Waals surface area contributed by atoms with Gasteiger partial charge in [-0.3, -0.25) is 9.97 Å². The number of nitrogens with zero attached hydrogens (tertiary/aromatic N) is 5. The smallest absolute Gasteiger partial charge is 0.410 e. The summed E-state index contributed by atoms with van der Waals surface area (Å²) in [5, 5.41) is 5.90. The molecule has 1 N–H and O–H groups in total. The van der Waals surface area contributed by atoms with Crippen LogP contribution in [0.15, 0.2) is 60.9 Å². The molecule has 2 aromatic carbocycles. The molecule has 0 spiro atoms. The first-order chi connectivity index (χ1) is 21.8. The van der Waals surface area contributed by atoms with Crippen LogP contribution >= 0.6 is 37.2 Å². The van der Waals surface area contributed by atoms with Crippen LogP contribution in [0.2, 0.25) is 0 Å². The van der Waals surface area contributed by atoms with Crippen molar-refractivity contribution in [3.8, 4) is 0 Å². The van der Waals surface area contributed by atoms with Gasteiger partial charge in [0.1, 0.15) is 5.60 Å². The van der Waals surface area contributed by atoms with Gasteiger partial charge in [0.2, 0.25) is 0 Å². The van der Waals surface area contributed by atoms with Crippen molar-refractivity contribution in [2.75, 3.05) is 62.2 Å².